The number of hydrogen-bond acceptors (Lipinski definition) is 3. The van der Waals surface area contributed by atoms with Crippen molar-refractivity contribution in [1.82, 2.24) is 0 Å². The van der Waals surface area contributed by atoms with Crippen molar-refractivity contribution in [2.45, 2.75) is 0 Å². The summed E-state index contributed by atoms with van der Waals surface area (Å²) < 4.78 is 38.1. The van der Waals surface area contributed by atoms with Crippen LogP contribution in [0.25, 0.3) is 0 Å². The minimum atomic E-state index is -3.58. The fourth-order valence-electron chi connectivity index (χ4n) is 1.77. The fraction of sp³-hybridized carbons (Fsp3) is 0.0714. The van der Waals surface area contributed by atoms with Gasteiger partial charge in [-0.2, -0.15) is 0 Å². The van der Waals surface area contributed by atoms with Crippen LogP contribution in [0.15, 0.2) is 36.4 Å². The standard InChI is InChI=1S/C14H11Cl2FN2O3S/c1-23(21,22)19-13-5-2-8(15)6-10(13)14(20)18-9-3-4-12(17)11(16)7-9/h2-7,19H,1H3,(H,18,20). The maximum atomic E-state index is 13.1. The van der Waals surface area contributed by atoms with Crippen LogP contribution >= 0.6 is 23.2 Å². The number of hydrogen-bond donors (Lipinski definition) is 2. The van der Waals surface area contributed by atoms with Crippen molar-refractivity contribution in [3.63, 3.8) is 0 Å². The molecule has 0 radical (unpaired) electrons. The molecular formula is C14H11Cl2FN2O3S. The van der Waals surface area contributed by atoms with Crippen molar-refractivity contribution in [2.24, 2.45) is 0 Å². The zero-order valence-corrected chi connectivity index (χ0v) is 14.1. The molecule has 9 heteroatoms. The Morgan fingerprint density at radius 1 is 1.13 bits per heavy atom. The smallest absolute Gasteiger partial charge is 0.257 e. The predicted octanol–water partition coefficient (Wildman–Crippen LogP) is 3.76. The largest absolute Gasteiger partial charge is 0.322 e. The van der Waals surface area contributed by atoms with Crippen LogP contribution in [0.1, 0.15) is 10.4 Å². The summed E-state index contributed by atoms with van der Waals surface area (Å²) in [5.41, 5.74) is 0.345. The highest BCUT2D eigenvalue weighted by Gasteiger charge is 2.15. The number of benzene rings is 2. The summed E-state index contributed by atoms with van der Waals surface area (Å²) in [5, 5.41) is 2.60. The Morgan fingerprint density at radius 2 is 1.83 bits per heavy atom. The molecule has 0 spiro atoms. The molecule has 2 aromatic carbocycles. The van der Waals surface area contributed by atoms with Gasteiger partial charge in [0.05, 0.1) is 22.5 Å². The van der Waals surface area contributed by atoms with Gasteiger partial charge >= 0.3 is 0 Å². The number of amides is 1. The van der Waals surface area contributed by atoms with Gasteiger partial charge in [-0.1, -0.05) is 23.2 Å². The van der Waals surface area contributed by atoms with E-state index >= 15 is 0 Å². The molecule has 0 atom stereocenters. The van der Waals surface area contributed by atoms with Gasteiger partial charge in [0, 0.05) is 10.7 Å². The number of sulfonamides is 1. The number of anilines is 2. The molecular weight excluding hydrogens is 366 g/mol. The van der Waals surface area contributed by atoms with Crippen LogP contribution in [0, 0.1) is 5.82 Å². The lowest BCUT2D eigenvalue weighted by Crippen LogP contribution is -2.17. The second-order valence-corrected chi connectivity index (χ2v) is 7.24. The minimum Gasteiger partial charge on any atom is -0.322 e. The van der Waals surface area contributed by atoms with Crippen molar-refractivity contribution < 1.29 is 17.6 Å². The molecule has 23 heavy (non-hydrogen) atoms. The Morgan fingerprint density at radius 3 is 2.43 bits per heavy atom. The summed E-state index contributed by atoms with van der Waals surface area (Å²) >= 11 is 11.5. The zero-order valence-electron chi connectivity index (χ0n) is 11.7. The van der Waals surface area contributed by atoms with E-state index in [0.29, 0.717) is 0 Å². The average molecular weight is 377 g/mol. The van der Waals surface area contributed by atoms with E-state index < -0.39 is 21.7 Å². The third-order valence-electron chi connectivity index (χ3n) is 2.70. The lowest BCUT2D eigenvalue weighted by atomic mass is 10.1. The second kappa shape index (κ2) is 6.74. The molecule has 0 unspecified atom stereocenters. The molecule has 5 nitrogen and oxygen atoms in total. The number of rotatable bonds is 4. The molecule has 0 aliphatic rings. The van der Waals surface area contributed by atoms with E-state index in [0.717, 1.165) is 12.3 Å². The summed E-state index contributed by atoms with van der Waals surface area (Å²) in [6.07, 6.45) is 0.961. The van der Waals surface area contributed by atoms with E-state index in [-0.39, 0.29) is 27.0 Å². The first kappa shape index (κ1) is 17.5. The van der Waals surface area contributed by atoms with Crippen LogP contribution in [0.4, 0.5) is 15.8 Å². The lowest BCUT2D eigenvalue weighted by molar-refractivity contribution is 0.102. The maximum absolute atomic E-state index is 13.1. The molecule has 0 bridgehead atoms. The number of nitrogens with one attached hydrogen (secondary N) is 2. The second-order valence-electron chi connectivity index (χ2n) is 4.65. The monoisotopic (exact) mass is 376 g/mol. The molecule has 2 N–H and O–H groups in total. The highest BCUT2D eigenvalue weighted by Crippen LogP contribution is 2.24. The Bertz CT molecular complexity index is 872. The van der Waals surface area contributed by atoms with E-state index in [1.807, 2.05) is 0 Å². The van der Waals surface area contributed by atoms with Crippen LogP contribution < -0.4 is 10.0 Å². The van der Waals surface area contributed by atoms with Crippen LogP contribution in [0.5, 0.6) is 0 Å². The molecule has 0 aliphatic heterocycles. The van der Waals surface area contributed by atoms with Gasteiger partial charge in [0.2, 0.25) is 10.0 Å². The Labute approximate surface area is 142 Å². The number of carbonyl (C=O) groups is 1. The van der Waals surface area contributed by atoms with Crippen molar-refractivity contribution in [1.29, 1.82) is 0 Å². The maximum Gasteiger partial charge on any atom is 0.257 e. The average Bonchev–Trinajstić information content (AvgIpc) is 2.43. The Kier molecular flexibility index (Phi) is 5.13. The van der Waals surface area contributed by atoms with Crippen LogP contribution in [-0.2, 0) is 10.0 Å². The molecule has 2 aromatic rings. The molecule has 122 valence electrons. The normalized spacial score (nSPS) is 11.1. The summed E-state index contributed by atoms with van der Waals surface area (Å²) in [4.78, 5) is 12.3. The van der Waals surface area contributed by atoms with Gasteiger partial charge in [-0.3, -0.25) is 9.52 Å². The van der Waals surface area contributed by atoms with Crippen molar-refractivity contribution in [2.75, 3.05) is 16.3 Å². The van der Waals surface area contributed by atoms with Gasteiger partial charge in [-0.05, 0) is 36.4 Å². The molecule has 0 heterocycles. The third kappa shape index (κ3) is 4.82. The van der Waals surface area contributed by atoms with E-state index in [1.165, 1.54) is 30.3 Å². The van der Waals surface area contributed by atoms with Crippen LogP contribution in [0.3, 0.4) is 0 Å². The van der Waals surface area contributed by atoms with Gasteiger partial charge < -0.3 is 5.32 Å². The highest BCUT2D eigenvalue weighted by atomic mass is 35.5. The summed E-state index contributed by atoms with van der Waals surface area (Å²) in [6, 6.07) is 7.80. The minimum absolute atomic E-state index is 0.0170. The van der Waals surface area contributed by atoms with E-state index in [2.05, 4.69) is 10.0 Å². The topological polar surface area (TPSA) is 75.3 Å². The molecule has 0 saturated heterocycles. The van der Waals surface area contributed by atoms with Crippen molar-refractivity contribution >= 4 is 50.5 Å². The molecule has 0 fully saturated rings. The fourth-order valence-corrected chi connectivity index (χ4v) is 2.70. The van der Waals surface area contributed by atoms with Gasteiger partial charge in [0.15, 0.2) is 0 Å². The van der Waals surface area contributed by atoms with Gasteiger partial charge in [0.1, 0.15) is 5.82 Å². The zero-order chi connectivity index (χ0) is 17.2. The molecule has 0 saturated carbocycles. The van der Waals surface area contributed by atoms with Gasteiger partial charge in [0.25, 0.3) is 5.91 Å². The highest BCUT2D eigenvalue weighted by molar-refractivity contribution is 7.92. The van der Waals surface area contributed by atoms with Crippen molar-refractivity contribution in [3.05, 3.63) is 57.8 Å². The van der Waals surface area contributed by atoms with Gasteiger partial charge in [-0.25, -0.2) is 12.8 Å². The first-order valence-corrected chi connectivity index (χ1v) is 8.84. The molecule has 2 rings (SSSR count). The number of halogens is 3. The Balaban J connectivity index is 2.34. The first-order chi connectivity index (χ1) is 10.7. The quantitative estimate of drug-likeness (QED) is 0.852. The van der Waals surface area contributed by atoms with Crippen LogP contribution in [-0.4, -0.2) is 20.6 Å². The first-order valence-electron chi connectivity index (χ1n) is 6.19. The lowest BCUT2D eigenvalue weighted by Gasteiger charge is -2.12. The third-order valence-corrected chi connectivity index (χ3v) is 3.81. The number of carbonyl (C=O) groups excluding carboxylic acids is 1. The van der Waals surface area contributed by atoms with Crippen molar-refractivity contribution in [3.8, 4) is 0 Å². The van der Waals surface area contributed by atoms with E-state index in [1.54, 1.807) is 0 Å². The Hall–Kier alpha value is -1.83. The predicted molar refractivity (Wildman–Crippen MR) is 89.3 cm³/mol. The molecule has 1 amide bonds. The summed E-state index contributed by atoms with van der Waals surface area (Å²) in [5.74, 6) is -1.24. The van der Waals surface area contributed by atoms with Gasteiger partial charge in [-0.15, -0.1) is 0 Å². The SMILES string of the molecule is CS(=O)(=O)Nc1ccc(Cl)cc1C(=O)Nc1ccc(F)c(Cl)c1. The molecule has 0 aliphatic carbocycles. The summed E-state index contributed by atoms with van der Waals surface area (Å²) in [7, 11) is -3.58. The summed E-state index contributed by atoms with van der Waals surface area (Å²) in [6.45, 7) is 0. The van der Waals surface area contributed by atoms with E-state index in [4.69, 9.17) is 23.2 Å². The van der Waals surface area contributed by atoms with Crippen LogP contribution in [0.2, 0.25) is 10.0 Å². The van der Waals surface area contributed by atoms with E-state index in [9.17, 15) is 17.6 Å². The molecule has 0 aromatic heterocycles.